The van der Waals surface area contributed by atoms with Gasteiger partial charge in [0.15, 0.2) is 0 Å². The van der Waals surface area contributed by atoms with Crippen LogP contribution in [-0.2, 0) is 19.2 Å². The fraction of sp³-hybridized carbons (Fsp3) is 0.818. The Morgan fingerprint density at radius 1 is 1.09 bits per heavy atom. The second kappa shape index (κ2) is 10.6. The van der Waals surface area contributed by atoms with Crippen LogP contribution in [0.4, 0.5) is 9.59 Å². The number of urea groups is 1. The van der Waals surface area contributed by atoms with Gasteiger partial charge in [-0.1, -0.05) is 13.3 Å². The Hall–Kier alpha value is -2.56. The minimum absolute atomic E-state index is 0.00107. The highest BCUT2D eigenvalue weighted by atomic mass is 16.7. The smallest absolute Gasteiger partial charge is 0.410 e. The summed E-state index contributed by atoms with van der Waals surface area (Å²) in [6.07, 6.45) is 3.53. The normalized spacial score (nSPS) is 24.8. The average Bonchev–Trinajstić information content (AvgIpc) is 3.30. The molecule has 3 aliphatic heterocycles. The Labute approximate surface area is 195 Å². The van der Waals surface area contributed by atoms with E-state index in [-0.39, 0.29) is 36.4 Å². The monoisotopic (exact) mass is 467 g/mol. The SMILES string of the molecule is CCCCON1C(=O)N2C[C@@H]1CC[C@H]2C(=O)NNC(=O)CC1CCN(C(=O)OC(C)(C)C)C1. The summed E-state index contributed by atoms with van der Waals surface area (Å²) in [5.41, 5.74) is 4.36. The molecule has 3 saturated heterocycles. The van der Waals surface area contributed by atoms with E-state index in [4.69, 9.17) is 9.57 Å². The van der Waals surface area contributed by atoms with E-state index in [1.165, 1.54) is 9.96 Å². The van der Waals surface area contributed by atoms with Crippen molar-refractivity contribution in [1.82, 2.24) is 25.7 Å². The topological polar surface area (TPSA) is 121 Å². The molecule has 5 amide bonds. The predicted octanol–water partition coefficient (Wildman–Crippen LogP) is 1.78. The molecule has 0 aromatic carbocycles. The summed E-state index contributed by atoms with van der Waals surface area (Å²) < 4.78 is 5.37. The van der Waals surface area contributed by atoms with Crippen molar-refractivity contribution in [3.8, 4) is 0 Å². The van der Waals surface area contributed by atoms with Gasteiger partial charge < -0.3 is 14.5 Å². The van der Waals surface area contributed by atoms with Gasteiger partial charge in [0.2, 0.25) is 5.91 Å². The second-order valence-electron chi connectivity index (χ2n) is 10.0. The molecule has 3 aliphatic rings. The summed E-state index contributed by atoms with van der Waals surface area (Å²) in [5, 5.41) is 1.40. The van der Waals surface area contributed by atoms with Crippen molar-refractivity contribution in [2.24, 2.45) is 5.92 Å². The van der Waals surface area contributed by atoms with Gasteiger partial charge in [-0.05, 0) is 52.4 Å². The first-order valence-electron chi connectivity index (χ1n) is 11.9. The van der Waals surface area contributed by atoms with Crippen LogP contribution in [0.15, 0.2) is 0 Å². The van der Waals surface area contributed by atoms with E-state index in [2.05, 4.69) is 17.8 Å². The summed E-state index contributed by atoms with van der Waals surface area (Å²) in [7, 11) is 0. The maximum Gasteiger partial charge on any atom is 0.410 e. The molecular formula is C22H37N5O6. The van der Waals surface area contributed by atoms with E-state index in [0.717, 1.165) is 12.8 Å². The maximum absolute atomic E-state index is 12.7. The highest BCUT2D eigenvalue weighted by Gasteiger charge is 2.48. The minimum atomic E-state index is -0.636. The maximum atomic E-state index is 12.7. The Morgan fingerprint density at radius 3 is 2.55 bits per heavy atom. The molecule has 0 radical (unpaired) electrons. The van der Waals surface area contributed by atoms with Gasteiger partial charge in [-0.15, -0.1) is 0 Å². The minimum Gasteiger partial charge on any atom is -0.444 e. The van der Waals surface area contributed by atoms with Crippen LogP contribution < -0.4 is 10.9 Å². The van der Waals surface area contributed by atoms with Crippen molar-refractivity contribution in [2.75, 3.05) is 26.2 Å². The summed E-state index contributed by atoms with van der Waals surface area (Å²) in [4.78, 5) is 58.6. The molecule has 0 aliphatic carbocycles. The van der Waals surface area contributed by atoms with Crippen LogP contribution in [0.5, 0.6) is 0 Å². The molecule has 3 fully saturated rings. The lowest BCUT2D eigenvalue weighted by Crippen LogP contribution is -2.54. The molecule has 186 valence electrons. The highest BCUT2D eigenvalue weighted by molar-refractivity contribution is 5.90. The Balaban J connectivity index is 1.41. The number of carbonyl (C=O) groups excluding carboxylic acids is 4. The van der Waals surface area contributed by atoms with Gasteiger partial charge in [-0.25, -0.2) is 9.59 Å². The van der Waals surface area contributed by atoms with Crippen LogP contribution in [0.25, 0.3) is 0 Å². The van der Waals surface area contributed by atoms with Crippen molar-refractivity contribution in [3.05, 3.63) is 0 Å². The second-order valence-corrected chi connectivity index (χ2v) is 10.0. The van der Waals surface area contributed by atoms with Crippen molar-refractivity contribution >= 4 is 23.9 Å². The molecule has 2 bridgehead atoms. The number of likely N-dealkylation sites (tertiary alicyclic amines) is 1. The molecule has 3 atom stereocenters. The number of amides is 5. The molecule has 0 aromatic rings. The molecule has 0 saturated carbocycles. The number of hydroxylamine groups is 2. The third-order valence-corrected chi connectivity index (χ3v) is 6.09. The summed E-state index contributed by atoms with van der Waals surface area (Å²) in [5.74, 6) is -0.739. The first kappa shape index (κ1) is 25.1. The fourth-order valence-electron chi connectivity index (χ4n) is 4.40. The predicted molar refractivity (Wildman–Crippen MR) is 118 cm³/mol. The fourth-order valence-corrected chi connectivity index (χ4v) is 4.40. The van der Waals surface area contributed by atoms with Crippen LogP contribution in [0.1, 0.15) is 66.2 Å². The Kier molecular flexibility index (Phi) is 8.04. The standard InChI is InChI=1S/C22H37N5O6/c1-5-6-11-32-27-16-7-8-17(26(14-16)20(27)30)19(29)24-23-18(28)12-15-9-10-25(13-15)21(31)33-22(2,3)4/h15-17H,5-14H2,1-4H3,(H,23,28)(H,24,29)/t15?,16-,17-/m0/s1. The molecule has 11 nitrogen and oxygen atoms in total. The Morgan fingerprint density at radius 2 is 1.85 bits per heavy atom. The number of unbranched alkanes of at least 4 members (excludes halogenated alkanes) is 1. The molecule has 33 heavy (non-hydrogen) atoms. The molecule has 2 N–H and O–H groups in total. The van der Waals surface area contributed by atoms with Gasteiger partial charge in [0, 0.05) is 26.1 Å². The van der Waals surface area contributed by atoms with Crippen LogP contribution >= 0.6 is 0 Å². The van der Waals surface area contributed by atoms with Gasteiger partial charge in [-0.2, -0.15) is 5.06 Å². The van der Waals surface area contributed by atoms with Crippen molar-refractivity contribution in [2.45, 2.75) is 83.9 Å². The van der Waals surface area contributed by atoms with Gasteiger partial charge in [-0.3, -0.25) is 25.3 Å². The first-order valence-corrected chi connectivity index (χ1v) is 11.9. The third kappa shape index (κ3) is 6.49. The average molecular weight is 468 g/mol. The molecule has 3 heterocycles. The van der Waals surface area contributed by atoms with E-state index >= 15 is 0 Å². The summed E-state index contributed by atoms with van der Waals surface area (Å²) in [6.45, 7) is 9.39. The highest BCUT2D eigenvalue weighted by Crippen LogP contribution is 2.30. The number of nitrogens with one attached hydrogen (secondary N) is 2. The molecule has 1 unspecified atom stereocenters. The van der Waals surface area contributed by atoms with Crippen molar-refractivity contribution in [1.29, 1.82) is 0 Å². The van der Waals surface area contributed by atoms with E-state index in [0.29, 0.717) is 45.5 Å². The molecule has 11 heteroatoms. The van der Waals surface area contributed by atoms with Crippen molar-refractivity contribution in [3.63, 3.8) is 0 Å². The van der Waals surface area contributed by atoms with Gasteiger partial charge in [0.1, 0.15) is 11.6 Å². The zero-order chi connectivity index (χ0) is 24.2. The number of ether oxygens (including phenoxy) is 1. The summed E-state index contributed by atoms with van der Waals surface area (Å²) >= 11 is 0. The van der Waals surface area contributed by atoms with Crippen LogP contribution in [0.3, 0.4) is 0 Å². The largest absolute Gasteiger partial charge is 0.444 e. The molecule has 0 aromatic heterocycles. The number of rotatable bonds is 7. The number of fused-ring (bicyclic) bond motifs is 2. The number of hydrazine groups is 1. The molecular weight excluding hydrogens is 430 g/mol. The number of piperidine rings is 1. The third-order valence-electron chi connectivity index (χ3n) is 6.09. The van der Waals surface area contributed by atoms with Gasteiger partial charge >= 0.3 is 12.1 Å². The van der Waals surface area contributed by atoms with E-state index in [1.807, 2.05) is 20.8 Å². The molecule has 3 rings (SSSR count). The lowest BCUT2D eigenvalue weighted by molar-refractivity contribution is -0.132. The van der Waals surface area contributed by atoms with Crippen LogP contribution in [-0.4, -0.2) is 82.7 Å². The van der Waals surface area contributed by atoms with E-state index < -0.39 is 17.6 Å². The van der Waals surface area contributed by atoms with Crippen LogP contribution in [0, 0.1) is 5.92 Å². The zero-order valence-corrected chi connectivity index (χ0v) is 20.1. The van der Waals surface area contributed by atoms with Crippen molar-refractivity contribution < 1.29 is 28.8 Å². The molecule has 0 spiro atoms. The van der Waals surface area contributed by atoms with Gasteiger partial charge in [0.25, 0.3) is 5.91 Å². The van der Waals surface area contributed by atoms with Crippen LogP contribution in [0.2, 0.25) is 0 Å². The van der Waals surface area contributed by atoms with E-state index in [9.17, 15) is 19.2 Å². The number of hydrogen-bond acceptors (Lipinski definition) is 6. The lowest BCUT2D eigenvalue weighted by Gasteiger charge is -2.29. The van der Waals surface area contributed by atoms with Gasteiger partial charge in [0.05, 0.1) is 12.6 Å². The Bertz CT molecular complexity index is 754. The first-order chi connectivity index (χ1) is 15.6. The number of carbonyl (C=O) groups is 4. The quantitative estimate of drug-likeness (QED) is 0.435. The van der Waals surface area contributed by atoms with E-state index in [1.54, 1.807) is 4.90 Å². The summed E-state index contributed by atoms with van der Waals surface area (Å²) in [6, 6.07) is -0.973. The number of hydrogen-bond donors (Lipinski definition) is 2. The lowest BCUT2D eigenvalue weighted by atomic mass is 10.0. The number of nitrogens with zero attached hydrogens (tertiary/aromatic N) is 3. The zero-order valence-electron chi connectivity index (χ0n) is 20.1.